The molecule has 0 heterocycles. The van der Waals surface area contributed by atoms with Crippen LogP contribution >= 0.6 is 0 Å². The summed E-state index contributed by atoms with van der Waals surface area (Å²) in [4.78, 5) is 10.7. The van der Waals surface area contributed by atoms with E-state index < -0.39 is 6.10 Å². The van der Waals surface area contributed by atoms with Gasteiger partial charge in [-0.3, -0.25) is 4.79 Å². The molecule has 1 atom stereocenters. The van der Waals surface area contributed by atoms with Gasteiger partial charge in [0.1, 0.15) is 18.5 Å². The van der Waals surface area contributed by atoms with E-state index in [1.807, 2.05) is 13.8 Å². The SMILES string of the molecule is CC(C)C(O)C#CCOc1ccccc1C=O. The van der Waals surface area contributed by atoms with Gasteiger partial charge in [0.15, 0.2) is 6.29 Å². The lowest BCUT2D eigenvalue weighted by atomic mass is 10.1. The summed E-state index contributed by atoms with van der Waals surface area (Å²) in [7, 11) is 0. The zero-order valence-electron chi connectivity index (χ0n) is 10.0. The van der Waals surface area contributed by atoms with E-state index in [4.69, 9.17) is 4.74 Å². The van der Waals surface area contributed by atoms with Gasteiger partial charge in [0.05, 0.1) is 5.56 Å². The highest BCUT2D eigenvalue weighted by molar-refractivity contribution is 5.79. The van der Waals surface area contributed by atoms with Gasteiger partial charge < -0.3 is 9.84 Å². The fourth-order valence-corrected chi connectivity index (χ4v) is 1.14. The highest BCUT2D eigenvalue weighted by atomic mass is 16.5. The van der Waals surface area contributed by atoms with Gasteiger partial charge in [0.2, 0.25) is 0 Å². The molecule has 1 rings (SSSR count). The Labute approximate surface area is 101 Å². The smallest absolute Gasteiger partial charge is 0.153 e. The number of carbonyl (C=O) groups excluding carboxylic acids is 1. The minimum atomic E-state index is -0.639. The summed E-state index contributed by atoms with van der Waals surface area (Å²) in [6.07, 6.45) is 0.103. The molecule has 1 unspecified atom stereocenters. The van der Waals surface area contributed by atoms with Gasteiger partial charge in [-0.05, 0) is 18.1 Å². The van der Waals surface area contributed by atoms with Crippen LogP contribution in [0, 0.1) is 17.8 Å². The average Bonchev–Trinajstić information content (AvgIpc) is 2.34. The van der Waals surface area contributed by atoms with Crippen LogP contribution in [0.1, 0.15) is 24.2 Å². The standard InChI is InChI=1S/C14H16O3/c1-11(2)13(16)7-5-9-17-14-8-4-3-6-12(14)10-15/h3-4,6,8,10-11,13,16H,9H2,1-2H3. The van der Waals surface area contributed by atoms with Crippen molar-refractivity contribution in [2.24, 2.45) is 5.92 Å². The third-order valence-corrected chi connectivity index (χ3v) is 2.23. The van der Waals surface area contributed by atoms with Crippen LogP contribution in [0.4, 0.5) is 0 Å². The molecule has 0 saturated heterocycles. The Morgan fingerprint density at radius 2 is 2.12 bits per heavy atom. The third-order valence-electron chi connectivity index (χ3n) is 2.23. The van der Waals surface area contributed by atoms with Crippen LogP contribution < -0.4 is 4.74 Å². The van der Waals surface area contributed by atoms with Crippen molar-refractivity contribution in [1.82, 2.24) is 0 Å². The van der Waals surface area contributed by atoms with Crippen LogP contribution in [-0.2, 0) is 0 Å². The number of aldehydes is 1. The van der Waals surface area contributed by atoms with E-state index in [0.29, 0.717) is 11.3 Å². The second kappa shape index (κ2) is 6.72. The van der Waals surface area contributed by atoms with Crippen molar-refractivity contribution in [2.75, 3.05) is 6.61 Å². The minimum Gasteiger partial charge on any atom is -0.480 e. The first-order valence-corrected chi connectivity index (χ1v) is 5.48. The Morgan fingerprint density at radius 1 is 1.41 bits per heavy atom. The molecule has 3 nitrogen and oxygen atoms in total. The topological polar surface area (TPSA) is 46.5 Å². The van der Waals surface area contributed by atoms with E-state index >= 15 is 0 Å². The number of para-hydroxylation sites is 1. The predicted molar refractivity (Wildman–Crippen MR) is 65.9 cm³/mol. The first-order valence-electron chi connectivity index (χ1n) is 5.48. The number of aliphatic hydroxyl groups is 1. The lowest BCUT2D eigenvalue weighted by Crippen LogP contribution is -2.11. The molecule has 0 radical (unpaired) electrons. The molecule has 0 aliphatic heterocycles. The molecule has 0 aromatic heterocycles. The van der Waals surface area contributed by atoms with Gasteiger partial charge in [-0.25, -0.2) is 0 Å². The summed E-state index contributed by atoms with van der Waals surface area (Å²) >= 11 is 0. The first kappa shape index (κ1) is 13.3. The Hall–Kier alpha value is -1.79. The molecule has 0 spiro atoms. The van der Waals surface area contributed by atoms with E-state index in [2.05, 4.69) is 11.8 Å². The van der Waals surface area contributed by atoms with E-state index in [0.717, 1.165) is 6.29 Å². The fourth-order valence-electron chi connectivity index (χ4n) is 1.14. The number of ether oxygens (including phenoxy) is 1. The Kier molecular flexibility index (Phi) is 5.25. The van der Waals surface area contributed by atoms with Crippen molar-refractivity contribution in [1.29, 1.82) is 0 Å². The average molecular weight is 232 g/mol. The van der Waals surface area contributed by atoms with Gasteiger partial charge in [0, 0.05) is 0 Å². The third kappa shape index (κ3) is 4.29. The summed E-state index contributed by atoms with van der Waals surface area (Å²) < 4.78 is 5.34. The molecular weight excluding hydrogens is 216 g/mol. The summed E-state index contributed by atoms with van der Waals surface area (Å²) in [6, 6.07) is 6.95. The van der Waals surface area contributed by atoms with Gasteiger partial charge >= 0.3 is 0 Å². The second-order valence-electron chi connectivity index (χ2n) is 3.95. The van der Waals surface area contributed by atoms with Crippen molar-refractivity contribution < 1.29 is 14.6 Å². The lowest BCUT2D eigenvalue weighted by molar-refractivity contribution is 0.112. The number of hydrogen-bond acceptors (Lipinski definition) is 3. The zero-order chi connectivity index (χ0) is 12.7. The first-order chi connectivity index (χ1) is 8.15. The summed E-state index contributed by atoms with van der Waals surface area (Å²) in [5.41, 5.74) is 0.499. The number of aliphatic hydroxyl groups excluding tert-OH is 1. The number of rotatable bonds is 4. The van der Waals surface area contributed by atoms with Crippen molar-refractivity contribution in [3.05, 3.63) is 29.8 Å². The number of carbonyl (C=O) groups is 1. The van der Waals surface area contributed by atoms with Crippen LogP contribution in [-0.4, -0.2) is 24.1 Å². The molecule has 1 aromatic carbocycles. The molecule has 0 bridgehead atoms. The minimum absolute atomic E-state index is 0.102. The van der Waals surface area contributed by atoms with Crippen molar-refractivity contribution in [3.8, 4) is 17.6 Å². The molecule has 17 heavy (non-hydrogen) atoms. The Bertz CT molecular complexity index is 427. The normalized spacial score (nSPS) is 11.5. The van der Waals surface area contributed by atoms with Crippen LogP contribution in [0.5, 0.6) is 5.75 Å². The van der Waals surface area contributed by atoms with Gasteiger partial charge in [-0.2, -0.15) is 0 Å². The molecule has 0 amide bonds. The van der Waals surface area contributed by atoms with Gasteiger partial charge in [-0.1, -0.05) is 37.8 Å². The molecule has 1 N–H and O–H groups in total. The fraction of sp³-hybridized carbons (Fsp3) is 0.357. The summed E-state index contributed by atoms with van der Waals surface area (Å²) in [6.45, 7) is 3.94. The molecule has 0 fully saturated rings. The van der Waals surface area contributed by atoms with Crippen LogP contribution in [0.3, 0.4) is 0 Å². The van der Waals surface area contributed by atoms with Crippen LogP contribution in [0.25, 0.3) is 0 Å². The summed E-state index contributed by atoms with van der Waals surface area (Å²) in [5, 5.41) is 9.44. The van der Waals surface area contributed by atoms with Crippen molar-refractivity contribution in [2.45, 2.75) is 20.0 Å². The maximum Gasteiger partial charge on any atom is 0.153 e. The molecule has 0 saturated carbocycles. The quantitative estimate of drug-likeness (QED) is 0.637. The molecule has 0 aliphatic carbocycles. The molecular formula is C14H16O3. The van der Waals surface area contributed by atoms with Gasteiger partial charge in [-0.15, -0.1) is 0 Å². The van der Waals surface area contributed by atoms with Crippen molar-refractivity contribution in [3.63, 3.8) is 0 Å². The highest BCUT2D eigenvalue weighted by Crippen LogP contribution is 2.14. The number of hydrogen-bond donors (Lipinski definition) is 1. The van der Waals surface area contributed by atoms with Gasteiger partial charge in [0.25, 0.3) is 0 Å². The second-order valence-corrected chi connectivity index (χ2v) is 3.95. The monoisotopic (exact) mass is 232 g/mol. The van der Waals surface area contributed by atoms with E-state index in [9.17, 15) is 9.90 Å². The zero-order valence-corrected chi connectivity index (χ0v) is 10.0. The summed E-state index contributed by atoms with van der Waals surface area (Å²) in [5.74, 6) is 6.02. The highest BCUT2D eigenvalue weighted by Gasteiger charge is 2.03. The lowest BCUT2D eigenvalue weighted by Gasteiger charge is -2.06. The molecule has 3 heteroatoms. The maximum absolute atomic E-state index is 10.7. The maximum atomic E-state index is 10.7. The van der Waals surface area contributed by atoms with E-state index in [-0.39, 0.29) is 12.5 Å². The van der Waals surface area contributed by atoms with Crippen LogP contribution in [0.2, 0.25) is 0 Å². The predicted octanol–water partition coefficient (Wildman–Crippen LogP) is 1.90. The van der Waals surface area contributed by atoms with Crippen molar-refractivity contribution >= 4 is 6.29 Å². The largest absolute Gasteiger partial charge is 0.480 e. The number of benzene rings is 1. The van der Waals surface area contributed by atoms with Crippen LogP contribution in [0.15, 0.2) is 24.3 Å². The molecule has 0 aliphatic rings. The Morgan fingerprint density at radius 3 is 2.76 bits per heavy atom. The Balaban J connectivity index is 2.54. The van der Waals surface area contributed by atoms with E-state index in [1.165, 1.54) is 0 Å². The van der Waals surface area contributed by atoms with E-state index in [1.54, 1.807) is 24.3 Å². The molecule has 1 aromatic rings. The molecule has 90 valence electrons.